The first kappa shape index (κ1) is 10.7. The molecule has 0 spiro atoms. The van der Waals surface area contributed by atoms with Crippen molar-refractivity contribution >= 4 is 5.82 Å². The van der Waals surface area contributed by atoms with E-state index in [1.807, 2.05) is 35.1 Å². The number of hydrogen-bond acceptors (Lipinski definition) is 3. The average molecular weight is 216 g/mol. The third kappa shape index (κ3) is 2.59. The highest BCUT2D eigenvalue weighted by Crippen LogP contribution is 2.08. The maximum absolute atomic E-state index is 4.26. The van der Waals surface area contributed by atoms with Crippen molar-refractivity contribution < 1.29 is 0 Å². The smallest absolute Gasteiger partial charge is 0.124 e. The Kier molecular flexibility index (Phi) is 3.53. The van der Waals surface area contributed by atoms with Crippen molar-refractivity contribution in [1.82, 2.24) is 14.8 Å². The van der Waals surface area contributed by atoms with E-state index in [0.717, 1.165) is 31.0 Å². The van der Waals surface area contributed by atoms with Crippen LogP contribution in [0.1, 0.15) is 19.0 Å². The van der Waals surface area contributed by atoms with Gasteiger partial charge in [0.25, 0.3) is 0 Å². The van der Waals surface area contributed by atoms with Gasteiger partial charge in [-0.2, -0.15) is 5.10 Å². The van der Waals surface area contributed by atoms with Gasteiger partial charge >= 0.3 is 0 Å². The molecule has 0 fully saturated rings. The lowest BCUT2D eigenvalue weighted by Gasteiger charge is -2.08. The second kappa shape index (κ2) is 5.30. The van der Waals surface area contributed by atoms with Crippen LogP contribution in [0.25, 0.3) is 0 Å². The lowest BCUT2D eigenvalue weighted by molar-refractivity contribution is 0.607. The van der Waals surface area contributed by atoms with Crippen LogP contribution in [0.2, 0.25) is 0 Å². The van der Waals surface area contributed by atoms with Gasteiger partial charge in [-0.05, 0) is 18.6 Å². The quantitative estimate of drug-likeness (QED) is 0.834. The SMILES string of the molecule is CCCn1nccc1NCc1ccccn1. The zero-order chi connectivity index (χ0) is 11.2. The lowest BCUT2D eigenvalue weighted by atomic mass is 10.3. The third-order valence-corrected chi connectivity index (χ3v) is 2.33. The summed E-state index contributed by atoms with van der Waals surface area (Å²) in [6.45, 7) is 3.82. The molecule has 0 aromatic carbocycles. The standard InChI is InChI=1S/C12H16N4/c1-2-9-16-12(6-8-15-16)14-10-11-5-3-4-7-13-11/h3-8,14H,2,9-10H2,1H3. The first-order valence-corrected chi connectivity index (χ1v) is 5.55. The molecule has 2 heterocycles. The topological polar surface area (TPSA) is 42.7 Å². The van der Waals surface area contributed by atoms with Crippen molar-refractivity contribution in [2.75, 3.05) is 5.32 Å². The molecule has 0 aliphatic rings. The van der Waals surface area contributed by atoms with Crippen molar-refractivity contribution in [1.29, 1.82) is 0 Å². The summed E-state index contributed by atoms with van der Waals surface area (Å²) < 4.78 is 1.98. The fraction of sp³-hybridized carbons (Fsp3) is 0.333. The van der Waals surface area contributed by atoms with Crippen LogP contribution in [0.15, 0.2) is 36.7 Å². The number of hydrogen-bond donors (Lipinski definition) is 1. The Hall–Kier alpha value is -1.84. The minimum atomic E-state index is 0.732. The monoisotopic (exact) mass is 216 g/mol. The first-order chi connectivity index (χ1) is 7.90. The van der Waals surface area contributed by atoms with Gasteiger partial charge in [0.2, 0.25) is 0 Å². The Morgan fingerprint density at radius 1 is 1.25 bits per heavy atom. The maximum Gasteiger partial charge on any atom is 0.124 e. The number of nitrogens with one attached hydrogen (secondary N) is 1. The molecule has 0 aliphatic heterocycles. The van der Waals surface area contributed by atoms with Crippen LogP contribution in [-0.2, 0) is 13.1 Å². The van der Waals surface area contributed by atoms with Gasteiger partial charge in [0.15, 0.2) is 0 Å². The molecule has 2 aromatic rings. The van der Waals surface area contributed by atoms with E-state index in [1.54, 1.807) is 6.20 Å². The summed E-state index contributed by atoms with van der Waals surface area (Å²) in [5, 5.41) is 7.58. The highest BCUT2D eigenvalue weighted by atomic mass is 15.3. The molecule has 0 atom stereocenters. The van der Waals surface area contributed by atoms with Crippen LogP contribution >= 0.6 is 0 Å². The summed E-state index contributed by atoms with van der Waals surface area (Å²) in [4.78, 5) is 4.26. The fourth-order valence-corrected chi connectivity index (χ4v) is 1.56. The Morgan fingerprint density at radius 2 is 2.19 bits per heavy atom. The van der Waals surface area contributed by atoms with Gasteiger partial charge in [0.1, 0.15) is 5.82 Å². The summed E-state index contributed by atoms with van der Waals surface area (Å²) >= 11 is 0. The van der Waals surface area contributed by atoms with Gasteiger partial charge in [-0.1, -0.05) is 13.0 Å². The van der Waals surface area contributed by atoms with Crippen molar-refractivity contribution in [2.24, 2.45) is 0 Å². The molecule has 0 amide bonds. The number of aromatic nitrogens is 3. The highest BCUT2D eigenvalue weighted by Gasteiger charge is 2.00. The number of nitrogens with zero attached hydrogens (tertiary/aromatic N) is 3. The molecule has 0 aliphatic carbocycles. The molecule has 2 aromatic heterocycles. The number of anilines is 1. The summed E-state index contributed by atoms with van der Waals surface area (Å²) in [5.41, 5.74) is 1.03. The largest absolute Gasteiger partial charge is 0.365 e. The Labute approximate surface area is 95.3 Å². The van der Waals surface area contributed by atoms with Crippen molar-refractivity contribution in [2.45, 2.75) is 26.4 Å². The molecule has 4 nitrogen and oxygen atoms in total. The predicted molar refractivity (Wildman–Crippen MR) is 64.1 cm³/mol. The summed E-state index contributed by atoms with van der Waals surface area (Å²) in [6.07, 6.45) is 4.71. The van der Waals surface area contributed by atoms with Gasteiger partial charge < -0.3 is 5.32 Å². The second-order valence-corrected chi connectivity index (χ2v) is 3.61. The molecule has 0 radical (unpaired) electrons. The highest BCUT2D eigenvalue weighted by molar-refractivity contribution is 5.34. The second-order valence-electron chi connectivity index (χ2n) is 3.61. The van der Waals surface area contributed by atoms with Crippen molar-refractivity contribution in [3.63, 3.8) is 0 Å². The van der Waals surface area contributed by atoms with Crippen molar-refractivity contribution in [3.05, 3.63) is 42.4 Å². The number of aryl methyl sites for hydroxylation is 1. The first-order valence-electron chi connectivity index (χ1n) is 5.55. The molecule has 0 bridgehead atoms. The Balaban J connectivity index is 1.97. The molecule has 0 saturated carbocycles. The summed E-state index contributed by atoms with van der Waals surface area (Å²) in [7, 11) is 0. The van der Waals surface area contributed by atoms with Crippen molar-refractivity contribution in [3.8, 4) is 0 Å². The average Bonchev–Trinajstić information content (AvgIpc) is 2.76. The molecular formula is C12H16N4. The van der Waals surface area contributed by atoms with Gasteiger partial charge in [0.05, 0.1) is 18.4 Å². The van der Waals surface area contributed by atoms with Gasteiger partial charge in [-0.25, -0.2) is 4.68 Å². The van der Waals surface area contributed by atoms with E-state index in [-0.39, 0.29) is 0 Å². The van der Waals surface area contributed by atoms with Crippen LogP contribution < -0.4 is 5.32 Å². The molecular weight excluding hydrogens is 200 g/mol. The van der Waals surface area contributed by atoms with Crippen LogP contribution in [0.5, 0.6) is 0 Å². The van der Waals surface area contributed by atoms with Crippen LogP contribution in [-0.4, -0.2) is 14.8 Å². The number of rotatable bonds is 5. The zero-order valence-corrected chi connectivity index (χ0v) is 9.43. The van der Waals surface area contributed by atoms with Gasteiger partial charge in [-0.3, -0.25) is 4.98 Å². The molecule has 0 saturated heterocycles. The number of pyridine rings is 1. The Bertz CT molecular complexity index is 422. The van der Waals surface area contributed by atoms with Gasteiger partial charge in [0, 0.05) is 18.8 Å². The minimum Gasteiger partial charge on any atom is -0.365 e. The summed E-state index contributed by atoms with van der Waals surface area (Å²) in [6, 6.07) is 7.91. The van der Waals surface area contributed by atoms with Crippen LogP contribution in [0.3, 0.4) is 0 Å². The molecule has 1 N–H and O–H groups in total. The molecule has 4 heteroatoms. The van der Waals surface area contributed by atoms with E-state index in [1.165, 1.54) is 0 Å². The van der Waals surface area contributed by atoms with Crippen LogP contribution in [0, 0.1) is 0 Å². The van der Waals surface area contributed by atoms with E-state index in [0.29, 0.717) is 0 Å². The molecule has 84 valence electrons. The molecule has 0 unspecified atom stereocenters. The fourth-order valence-electron chi connectivity index (χ4n) is 1.56. The van der Waals surface area contributed by atoms with E-state index >= 15 is 0 Å². The Morgan fingerprint density at radius 3 is 2.94 bits per heavy atom. The normalized spacial score (nSPS) is 10.3. The zero-order valence-electron chi connectivity index (χ0n) is 9.43. The van der Waals surface area contributed by atoms with E-state index in [4.69, 9.17) is 0 Å². The molecule has 2 rings (SSSR count). The lowest BCUT2D eigenvalue weighted by Crippen LogP contribution is -2.08. The predicted octanol–water partition coefficient (Wildman–Crippen LogP) is 2.30. The maximum atomic E-state index is 4.26. The minimum absolute atomic E-state index is 0.732. The van der Waals surface area contributed by atoms with E-state index in [2.05, 4.69) is 22.3 Å². The van der Waals surface area contributed by atoms with Gasteiger partial charge in [-0.15, -0.1) is 0 Å². The molecule has 16 heavy (non-hydrogen) atoms. The summed E-state index contributed by atoms with van der Waals surface area (Å²) in [5.74, 6) is 1.05. The van der Waals surface area contributed by atoms with E-state index in [9.17, 15) is 0 Å². The van der Waals surface area contributed by atoms with Crippen LogP contribution in [0.4, 0.5) is 5.82 Å². The third-order valence-electron chi connectivity index (χ3n) is 2.33. The van der Waals surface area contributed by atoms with E-state index < -0.39 is 0 Å².